The Hall–Kier alpha value is -3.72. The van der Waals surface area contributed by atoms with Crippen molar-refractivity contribution < 1.29 is 19.4 Å². The number of hydrogen-bond donors (Lipinski definition) is 4. The van der Waals surface area contributed by atoms with Crippen LogP contribution in [0.1, 0.15) is 18.5 Å². The second-order valence-electron chi connectivity index (χ2n) is 6.96. The highest BCUT2D eigenvalue weighted by atomic mass is 16.5. The molecule has 0 aliphatic carbocycles. The predicted octanol–water partition coefficient (Wildman–Crippen LogP) is 2.41. The number of carbonyl (C=O) groups is 2. The lowest BCUT2D eigenvalue weighted by molar-refractivity contribution is -0.118. The second kappa shape index (κ2) is 8.34. The number of nitrogens with one attached hydrogen (secondary N) is 3. The third-order valence-electron chi connectivity index (χ3n) is 4.91. The summed E-state index contributed by atoms with van der Waals surface area (Å²) in [6, 6.07) is 11.4. The Labute approximate surface area is 172 Å². The van der Waals surface area contributed by atoms with E-state index < -0.39 is 18.0 Å². The first-order valence-electron chi connectivity index (χ1n) is 9.48. The molecule has 0 bridgehead atoms. The van der Waals surface area contributed by atoms with E-state index >= 15 is 0 Å². The van der Waals surface area contributed by atoms with Gasteiger partial charge >= 0.3 is 6.03 Å². The smallest absolute Gasteiger partial charge is 0.341 e. The zero-order chi connectivity index (χ0) is 21.1. The molecule has 3 aromatic rings. The van der Waals surface area contributed by atoms with Crippen molar-refractivity contribution in [3.63, 3.8) is 0 Å². The van der Waals surface area contributed by atoms with Gasteiger partial charge in [0.15, 0.2) is 0 Å². The van der Waals surface area contributed by atoms with Crippen molar-refractivity contribution in [3.8, 4) is 5.75 Å². The minimum Gasteiger partial charge on any atom is -0.491 e. The Morgan fingerprint density at radius 1 is 1.27 bits per heavy atom. The van der Waals surface area contributed by atoms with Crippen molar-refractivity contribution in [1.82, 2.24) is 15.5 Å². The van der Waals surface area contributed by atoms with E-state index in [1.165, 1.54) is 0 Å². The average molecular weight is 407 g/mol. The maximum Gasteiger partial charge on any atom is 0.341 e. The van der Waals surface area contributed by atoms with E-state index in [-0.39, 0.29) is 19.1 Å². The van der Waals surface area contributed by atoms with E-state index in [9.17, 15) is 9.59 Å². The van der Waals surface area contributed by atoms with Crippen LogP contribution in [0.4, 0.5) is 10.5 Å². The monoisotopic (exact) mass is 407 g/mol. The van der Waals surface area contributed by atoms with Gasteiger partial charge in [-0.2, -0.15) is 5.10 Å². The molecule has 2 unspecified atom stereocenters. The number of carbonyl (C=O) groups excluding carboxylic acids is 2. The number of amides is 3. The molecule has 4 rings (SSSR count). The van der Waals surface area contributed by atoms with Gasteiger partial charge in [0, 0.05) is 16.8 Å². The minimum atomic E-state index is -0.698. The molecule has 2 heterocycles. The molecule has 0 saturated heterocycles. The largest absolute Gasteiger partial charge is 0.491 e. The van der Waals surface area contributed by atoms with Crippen molar-refractivity contribution in [2.45, 2.75) is 13.0 Å². The molecule has 0 radical (unpaired) electrons. The Balaban J connectivity index is 1.61. The number of aliphatic hydroxyl groups excluding tert-OH is 1. The zero-order valence-electron chi connectivity index (χ0n) is 16.3. The van der Waals surface area contributed by atoms with Crippen molar-refractivity contribution >= 4 is 34.2 Å². The summed E-state index contributed by atoms with van der Waals surface area (Å²) < 4.78 is 5.46. The maximum absolute atomic E-state index is 13.2. The summed E-state index contributed by atoms with van der Waals surface area (Å²) in [5.74, 6) is -0.442. The molecule has 0 spiro atoms. The second-order valence-corrected chi connectivity index (χ2v) is 6.96. The standard InChI is InChI=1S/C21H21N5O4/c1-12-18(20(28)24-15-5-6-17-14(9-15)11-22-26-17)19(25-21(29)23-12)13-3-2-4-16(10-13)30-8-7-27/h2-6,9-11,18-19,27H,7-8H2,1H3,(H,22,26)(H,24,28)(H,25,29). The zero-order valence-corrected chi connectivity index (χ0v) is 16.3. The summed E-state index contributed by atoms with van der Waals surface area (Å²) in [5, 5.41) is 22.4. The number of urea groups is 1. The van der Waals surface area contributed by atoms with Gasteiger partial charge in [0.25, 0.3) is 0 Å². The van der Waals surface area contributed by atoms with Crippen LogP contribution in [0.5, 0.6) is 5.75 Å². The number of aliphatic imine (C=N–C) groups is 1. The normalized spacial score (nSPS) is 18.6. The van der Waals surface area contributed by atoms with Gasteiger partial charge in [0.1, 0.15) is 18.3 Å². The number of fused-ring (bicyclic) bond motifs is 1. The fourth-order valence-corrected chi connectivity index (χ4v) is 3.54. The molecule has 1 aliphatic heterocycles. The fraction of sp³-hybridized carbons (Fsp3) is 0.238. The van der Waals surface area contributed by atoms with Crippen LogP contribution in [-0.4, -0.2) is 46.2 Å². The molecule has 1 aliphatic rings. The van der Waals surface area contributed by atoms with Crippen LogP contribution in [0.2, 0.25) is 0 Å². The number of aromatic amines is 1. The molecule has 9 heteroatoms. The molecule has 2 aromatic carbocycles. The Kier molecular flexibility index (Phi) is 5.44. The molecular formula is C21H21N5O4. The summed E-state index contributed by atoms with van der Waals surface area (Å²) >= 11 is 0. The first-order chi connectivity index (χ1) is 14.5. The van der Waals surface area contributed by atoms with Crippen molar-refractivity contribution in [3.05, 3.63) is 54.2 Å². The molecule has 2 atom stereocenters. The number of H-pyrrole nitrogens is 1. The van der Waals surface area contributed by atoms with Crippen LogP contribution in [0, 0.1) is 5.92 Å². The molecule has 0 saturated carbocycles. The molecular weight excluding hydrogens is 386 g/mol. The van der Waals surface area contributed by atoms with Gasteiger partial charge in [-0.05, 0) is 42.8 Å². The quantitative estimate of drug-likeness (QED) is 0.499. The van der Waals surface area contributed by atoms with Gasteiger partial charge in [0.05, 0.1) is 24.4 Å². The fourth-order valence-electron chi connectivity index (χ4n) is 3.54. The highest BCUT2D eigenvalue weighted by molar-refractivity contribution is 6.13. The lowest BCUT2D eigenvalue weighted by Gasteiger charge is -2.30. The number of anilines is 1. The van der Waals surface area contributed by atoms with Gasteiger partial charge in [-0.25, -0.2) is 9.79 Å². The van der Waals surface area contributed by atoms with Crippen LogP contribution < -0.4 is 15.4 Å². The number of nitrogens with zero attached hydrogens (tertiary/aromatic N) is 2. The minimum absolute atomic E-state index is 0.109. The summed E-state index contributed by atoms with van der Waals surface area (Å²) in [7, 11) is 0. The first kappa shape index (κ1) is 19.6. The van der Waals surface area contributed by atoms with Gasteiger partial charge in [-0.15, -0.1) is 0 Å². The Morgan fingerprint density at radius 2 is 2.13 bits per heavy atom. The molecule has 30 heavy (non-hydrogen) atoms. The summed E-state index contributed by atoms with van der Waals surface area (Å²) in [6.07, 6.45) is 1.68. The number of ether oxygens (including phenoxy) is 1. The number of rotatable bonds is 6. The number of aliphatic hydroxyl groups is 1. The maximum atomic E-state index is 13.2. The van der Waals surface area contributed by atoms with E-state index in [4.69, 9.17) is 9.84 Å². The molecule has 3 amide bonds. The van der Waals surface area contributed by atoms with Crippen molar-refractivity contribution in [2.24, 2.45) is 10.9 Å². The molecule has 4 N–H and O–H groups in total. The summed E-state index contributed by atoms with van der Waals surface area (Å²) in [6.45, 7) is 1.71. The topological polar surface area (TPSA) is 129 Å². The van der Waals surface area contributed by atoms with E-state index in [0.717, 1.165) is 10.9 Å². The number of hydrogen-bond acceptors (Lipinski definition) is 5. The van der Waals surface area contributed by atoms with Crippen LogP contribution >= 0.6 is 0 Å². The Bertz CT molecular complexity index is 1120. The van der Waals surface area contributed by atoms with Crippen LogP contribution in [-0.2, 0) is 4.79 Å². The van der Waals surface area contributed by atoms with Gasteiger partial charge in [-0.3, -0.25) is 9.89 Å². The van der Waals surface area contributed by atoms with Crippen LogP contribution in [0.25, 0.3) is 10.9 Å². The predicted molar refractivity (Wildman–Crippen MR) is 112 cm³/mol. The van der Waals surface area contributed by atoms with Gasteiger partial charge in [0.2, 0.25) is 5.91 Å². The van der Waals surface area contributed by atoms with E-state index in [1.54, 1.807) is 37.4 Å². The van der Waals surface area contributed by atoms with Crippen molar-refractivity contribution in [1.29, 1.82) is 0 Å². The van der Waals surface area contributed by atoms with Gasteiger partial charge < -0.3 is 20.5 Å². The van der Waals surface area contributed by atoms with E-state index in [2.05, 4.69) is 25.8 Å². The molecule has 0 fully saturated rings. The highest BCUT2D eigenvalue weighted by Gasteiger charge is 2.37. The lowest BCUT2D eigenvalue weighted by Crippen LogP contribution is -2.45. The van der Waals surface area contributed by atoms with Crippen molar-refractivity contribution in [2.75, 3.05) is 18.5 Å². The first-order valence-corrected chi connectivity index (χ1v) is 9.48. The summed E-state index contributed by atoms with van der Waals surface area (Å²) in [4.78, 5) is 29.2. The SMILES string of the molecule is CC1=NC(=O)NC(c2cccc(OCCO)c2)C1C(=O)Nc1ccc2[nH]ncc2c1. The number of aromatic nitrogens is 2. The summed E-state index contributed by atoms with van der Waals surface area (Å²) in [5.41, 5.74) is 2.62. The molecule has 1 aromatic heterocycles. The third kappa shape index (κ3) is 4.01. The van der Waals surface area contributed by atoms with E-state index in [0.29, 0.717) is 22.7 Å². The Morgan fingerprint density at radius 3 is 2.97 bits per heavy atom. The lowest BCUT2D eigenvalue weighted by atomic mass is 9.87. The number of benzene rings is 2. The third-order valence-corrected chi connectivity index (χ3v) is 4.91. The van der Waals surface area contributed by atoms with Crippen LogP contribution in [0.15, 0.2) is 53.7 Å². The molecule has 154 valence electrons. The van der Waals surface area contributed by atoms with E-state index in [1.807, 2.05) is 18.2 Å². The average Bonchev–Trinajstić information content (AvgIpc) is 3.19. The highest BCUT2D eigenvalue weighted by Crippen LogP contribution is 2.30. The molecule has 9 nitrogen and oxygen atoms in total. The van der Waals surface area contributed by atoms with Crippen LogP contribution in [0.3, 0.4) is 0 Å². The van der Waals surface area contributed by atoms with Gasteiger partial charge in [-0.1, -0.05) is 12.1 Å².